The molecule has 1 N–H and O–H groups in total. The van der Waals surface area contributed by atoms with Gasteiger partial charge in [-0.2, -0.15) is 0 Å². The molecule has 1 fully saturated rings. The fourth-order valence-corrected chi connectivity index (χ4v) is 4.72. The lowest BCUT2D eigenvalue weighted by Crippen LogP contribution is -2.46. The Hall–Kier alpha value is -3.29. The zero-order valence-electron chi connectivity index (χ0n) is 18.6. The van der Waals surface area contributed by atoms with Crippen LogP contribution >= 0.6 is 23.4 Å². The van der Waals surface area contributed by atoms with Gasteiger partial charge in [-0.05, 0) is 60.5 Å². The van der Waals surface area contributed by atoms with Crippen molar-refractivity contribution in [3.63, 3.8) is 0 Å². The molecule has 0 saturated carbocycles. The molecule has 1 aliphatic rings. The minimum atomic E-state index is -0.573. The van der Waals surface area contributed by atoms with Gasteiger partial charge in [0.25, 0.3) is 0 Å². The van der Waals surface area contributed by atoms with Crippen LogP contribution in [0.3, 0.4) is 0 Å². The van der Waals surface area contributed by atoms with E-state index in [1.54, 1.807) is 36.3 Å². The monoisotopic (exact) mass is 493 g/mol. The minimum Gasteiger partial charge on any atom is -0.497 e. The molecule has 1 unspecified atom stereocenters. The molecular formula is C26H24ClN3O3S. The average Bonchev–Trinajstić information content (AvgIpc) is 2.85. The third kappa shape index (κ3) is 6.18. The second-order valence-electron chi connectivity index (χ2n) is 7.68. The number of carbonyl (C=O) groups is 2. The van der Waals surface area contributed by atoms with Crippen molar-refractivity contribution in [2.45, 2.75) is 18.1 Å². The van der Waals surface area contributed by atoms with Crippen molar-refractivity contribution in [2.75, 3.05) is 19.0 Å². The fraction of sp³-hybridized carbons (Fsp3) is 0.192. The summed E-state index contributed by atoms with van der Waals surface area (Å²) in [5, 5.41) is 3.42. The van der Waals surface area contributed by atoms with E-state index in [9.17, 15) is 9.59 Å². The van der Waals surface area contributed by atoms with Crippen molar-refractivity contribution in [2.24, 2.45) is 4.99 Å². The molecule has 1 saturated heterocycles. The maximum Gasteiger partial charge on any atom is 0.238 e. The standard InChI is InChI=1S/C26H24ClN3O3S/c1-33-22-13-7-18(8-14-22)15-16-30-24(31)17-23(25(32)28-20-5-3-2-4-6-20)34-26(30)29-21-11-9-19(27)10-12-21/h2-14,23H,15-17H2,1H3,(H,28,32). The summed E-state index contributed by atoms with van der Waals surface area (Å²) in [4.78, 5) is 32.4. The number of amidine groups is 1. The lowest BCUT2D eigenvalue weighted by atomic mass is 10.1. The van der Waals surface area contributed by atoms with Crippen LogP contribution in [0.1, 0.15) is 12.0 Å². The first-order valence-electron chi connectivity index (χ1n) is 10.8. The van der Waals surface area contributed by atoms with E-state index in [2.05, 4.69) is 5.32 Å². The van der Waals surface area contributed by atoms with Crippen LogP contribution in [0.2, 0.25) is 5.02 Å². The van der Waals surface area contributed by atoms with Gasteiger partial charge in [-0.3, -0.25) is 14.5 Å². The molecule has 0 radical (unpaired) electrons. The smallest absolute Gasteiger partial charge is 0.238 e. The first kappa shape index (κ1) is 23.9. The highest BCUT2D eigenvalue weighted by atomic mass is 35.5. The van der Waals surface area contributed by atoms with Gasteiger partial charge in [-0.25, -0.2) is 4.99 Å². The quantitative estimate of drug-likeness (QED) is 0.468. The number of amides is 2. The van der Waals surface area contributed by atoms with E-state index in [-0.39, 0.29) is 18.2 Å². The number of thioether (sulfide) groups is 1. The van der Waals surface area contributed by atoms with Crippen LogP contribution in [0.5, 0.6) is 5.75 Å². The van der Waals surface area contributed by atoms with E-state index in [0.717, 1.165) is 11.3 Å². The van der Waals surface area contributed by atoms with Gasteiger partial charge < -0.3 is 10.1 Å². The van der Waals surface area contributed by atoms with Crippen molar-refractivity contribution in [1.82, 2.24) is 4.90 Å². The predicted molar refractivity (Wildman–Crippen MR) is 138 cm³/mol. The maximum absolute atomic E-state index is 13.1. The molecule has 1 atom stereocenters. The van der Waals surface area contributed by atoms with Gasteiger partial charge in [0, 0.05) is 23.7 Å². The summed E-state index contributed by atoms with van der Waals surface area (Å²) in [5.74, 6) is 0.432. The van der Waals surface area contributed by atoms with Gasteiger partial charge in [0.1, 0.15) is 11.0 Å². The number of nitrogens with one attached hydrogen (secondary N) is 1. The molecule has 174 valence electrons. The zero-order chi connectivity index (χ0) is 23.9. The largest absolute Gasteiger partial charge is 0.497 e. The third-order valence-electron chi connectivity index (χ3n) is 5.31. The summed E-state index contributed by atoms with van der Waals surface area (Å²) in [5.41, 5.74) is 2.44. The van der Waals surface area contributed by atoms with E-state index in [1.165, 1.54) is 11.8 Å². The highest BCUT2D eigenvalue weighted by molar-refractivity contribution is 8.15. The van der Waals surface area contributed by atoms with Gasteiger partial charge >= 0.3 is 0 Å². The number of nitrogens with zero attached hydrogens (tertiary/aromatic N) is 2. The highest BCUT2D eigenvalue weighted by Gasteiger charge is 2.35. The first-order chi connectivity index (χ1) is 16.5. The van der Waals surface area contributed by atoms with Gasteiger partial charge in [-0.1, -0.05) is 53.7 Å². The normalized spacial score (nSPS) is 17.0. The van der Waals surface area contributed by atoms with Crippen LogP contribution < -0.4 is 10.1 Å². The predicted octanol–water partition coefficient (Wildman–Crippen LogP) is 5.55. The fourth-order valence-electron chi connectivity index (χ4n) is 3.46. The summed E-state index contributed by atoms with van der Waals surface area (Å²) in [6, 6.07) is 24.0. The topological polar surface area (TPSA) is 71.0 Å². The SMILES string of the molecule is COc1ccc(CCN2C(=O)CC(C(=O)Nc3ccccc3)SC2=Nc2ccc(Cl)cc2)cc1. The molecule has 6 nitrogen and oxygen atoms in total. The number of para-hydroxylation sites is 1. The number of rotatable bonds is 7. The van der Waals surface area contributed by atoms with Crippen LogP contribution in [0.15, 0.2) is 83.9 Å². The summed E-state index contributed by atoms with van der Waals surface area (Å²) in [6.45, 7) is 0.456. The van der Waals surface area contributed by atoms with Crippen LogP contribution in [-0.2, 0) is 16.0 Å². The molecule has 8 heteroatoms. The van der Waals surface area contributed by atoms with Crippen molar-refractivity contribution in [1.29, 1.82) is 0 Å². The Bertz CT molecular complexity index is 1170. The number of carbonyl (C=O) groups excluding carboxylic acids is 2. The Morgan fingerprint density at radius 1 is 1.09 bits per heavy atom. The molecule has 2 amide bonds. The molecule has 0 bridgehead atoms. The van der Waals surface area contributed by atoms with Crippen molar-refractivity contribution >= 4 is 51.7 Å². The molecule has 4 rings (SSSR count). The molecule has 0 aromatic heterocycles. The number of aliphatic imine (C=N–C) groups is 1. The van der Waals surface area contributed by atoms with Gasteiger partial charge in [0.2, 0.25) is 11.8 Å². The number of hydrogen-bond donors (Lipinski definition) is 1. The Labute approximate surface area is 208 Å². The van der Waals surface area contributed by atoms with Crippen LogP contribution in [0.4, 0.5) is 11.4 Å². The molecule has 0 aliphatic carbocycles. The average molecular weight is 494 g/mol. The molecule has 34 heavy (non-hydrogen) atoms. The Kier molecular flexibility index (Phi) is 7.87. The number of methoxy groups -OCH3 is 1. The van der Waals surface area contributed by atoms with E-state index in [0.29, 0.717) is 34.5 Å². The molecule has 1 aliphatic heterocycles. The number of benzene rings is 3. The second kappa shape index (κ2) is 11.2. The van der Waals surface area contributed by atoms with Crippen LogP contribution in [0.25, 0.3) is 0 Å². The van der Waals surface area contributed by atoms with E-state index >= 15 is 0 Å². The first-order valence-corrected chi connectivity index (χ1v) is 12.1. The number of hydrogen-bond acceptors (Lipinski definition) is 5. The summed E-state index contributed by atoms with van der Waals surface area (Å²) >= 11 is 7.31. The maximum atomic E-state index is 13.1. The van der Waals surface area contributed by atoms with Crippen LogP contribution in [0, 0.1) is 0 Å². The van der Waals surface area contributed by atoms with E-state index in [1.807, 2.05) is 54.6 Å². The molecule has 0 spiro atoms. The van der Waals surface area contributed by atoms with Gasteiger partial charge in [0.05, 0.1) is 12.8 Å². The van der Waals surface area contributed by atoms with Crippen LogP contribution in [-0.4, -0.2) is 40.8 Å². The lowest BCUT2D eigenvalue weighted by Gasteiger charge is -2.32. The lowest BCUT2D eigenvalue weighted by molar-refractivity contribution is -0.129. The number of ether oxygens (including phenoxy) is 1. The molecule has 3 aromatic rings. The zero-order valence-corrected chi connectivity index (χ0v) is 20.2. The van der Waals surface area contributed by atoms with Gasteiger partial charge in [0.15, 0.2) is 5.17 Å². The van der Waals surface area contributed by atoms with Gasteiger partial charge in [-0.15, -0.1) is 0 Å². The van der Waals surface area contributed by atoms with E-state index in [4.69, 9.17) is 21.3 Å². The number of halogens is 1. The molecule has 1 heterocycles. The minimum absolute atomic E-state index is 0.103. The Morgan fingerprint density at radius 3 is 2.47 bits per heavy atom. The third-order valence-corrected chi connectivity index (χ3v) is 6.75. The summed E-state index contributed by atoms with van der Waals surface area (Å²) in [7, 11) is 1.63. The number of anilines is 1. The Balaban J connectivity index is 1.53. The van der Waals surface area contributed by atoms with Crippen molar-refractivity contribution in [3.8, 4) is 5.75 Å². The molecular weight excluding hydrogens is 470 g/mol. The van der Waals surface area contributed by atoms with E-state index < -0.39 is 5.25 Å². The van der Waals surface area contributed by atoms with Crippen molar-refractivity contribution in [3.05, 3.63) is 89.4 Å². The Morgan fingerprint density at radius 2 is 1.79 bits per heavy atom. The summed E-state index contributed by atoms with van der Waals surface area (Å²) in [6.07, 6.45) is 0.752. The second-order valence-corrected chi connectivity index (χ2v) is 9.29. The molecule has 3 aromatic carbocycles. The summed E-state index contributed by atoms with van der Waals surface area (Å²) < 4.78 is 5.22. The highest BCUT2D eigenvalue weighted by Crippen LogP contribution is 2.30. The van der Waals surface area contributed by atoms with Crippen molar-refractivity contribution < 1.29 is 14.3 Å².